The maximum atomic E-state index is 12.9. The number of nitrogens with one attached hydrogen (secondary N) is 2. The number of H-pyrrole nitrogens is 1. The van der Waals surface area contributed by atoms with E-state index in [-0.39, 0.29) is 29.5 Å². The Balaban J connectivity index is 2.18. The Morgan fingerprint density at radius 3 is 2.65 bits per heavy atom. The van der Waals surface area contributed by atoms with Crippen LogP contribution in [0.25, 0.3) is 0 Å². The van der Waals surface area contributed by atoms with Crippen molar-refractivity contribution in [2.24, 2.45) is 4.99 Å². The SMILES string of the molecule is C\C=C(CC(=O)Nc1cc(C2CC2)[nH]n1)/N=C(CCC)\C(=C/C(Cl)=C\C)OC(F)(F)F. The number of hydrogen-bond acceptors (Lipinski definition) is 4. The van der Waals surface area contributed by atoms with Crippen molar-refractivity contribution in [3.63, 3.8) is 0 Å². The number of allylic oxidation sites excluding steroid dienone is 5. The molecule has 1 heterocycles. The largest absolute Gasteiger partial charge is 0.573 e. The minimum atomic E-state index is -4.90. The van der Waals surface area contributed by atoms with E-state index >= 15 is 0 Å². The topological polar surface area (TPSA) is 79.4 Å². The molecule has 0 radical (unpaired) electrons. The summed E-state index contributed by atoms with van der Waals surface area (Å²) in [6.07, 6.45) is 1.96. The first-order valence-corrected chi connectivity index (χ1v) is 10.4. The molecule has 0 atom stereocenters. The number of hydrogen-bond donors (Lipinski definition) is 2. The normalized spacial score (nSPS) is 16.5. The molecule has 0 unspecified atom stereocenters. The van der Waals surface area contributed by atoms with Gasteiger partial charge in [-0.3, -0.25) is 14.9 Å². The van der Waals surface area contributed by atoms with Gasteiger partial charge < -0.3 is 10.1 Å². The number of aromatic nitrogens is 2. The number of aromatic amines is 1. The molecular formula is C21H26ClF3N4O2. The van der Waals surface area contributed by atoms with Crippen LogP contribution in [0.2, 0.25) is 0 Å². The van der Waals surface area contributed by atoms with Gasteiger partial charge in [-0.2, -0.15) is 5.10 Å². The first-order valence-electron chi connectivity index (χ1n) is 10.0. The number of halogens is 4. The summed E-state index contributed by atoms with van der Waals surface area (Å²) in [5, 5.41) is 9.71. The van der Waals surface area contributed by atoms with E-state index in [9.17, 15) is 18.0 Å². The molecule has 31 heavy (non-hydrogen) atoms. The molecule has 1 fully saturated rings. The second-order valence-corrected chi connectivity index (χ2v) is 7.46. The van der Waals surface area contributed by atoms with Crippen molar-refractivity contribution in [3.8, 4) is 0 Å². The van der Waals surface area contributed by atoms with Gasteiger partial charge in [0.25, 0.3) is 0 Å². The van der Waals surface area contributed by atoms with Gasteiger partial charge in [-0.15, -0.1) is 13.2 Å². The molecule has 2 N–H and O–H groups in total. The van der Waals surface area contributed by atoms with Crippen molar-refractivity contribution in [3.05, 3.63) is 46.5 Å². The molecule has 2 rings (SSSR count). The number of carbonyl (C=O) groups excluding carboxylic acids is 1. The molecule has 1 amide bonds. The monoisotopic (exact) mass is 458 g/mol. The first kappa shape index (κ1) is 24.7. The van der Waals surface area contributed by atoms with Crippen LogP contribution in [0, 0.1) is 0 Å². The van der Waals surface area contributed by atoms with E-state index in [4.69, 9.17) is 11.6 Å². The Labute approximate surface area is 184 Å². The summed E-state index contributed by atoms with van der Waals surface area (Å²) in [5.41, 5.74) is 1.33. The zero-order valence-electron chi connectivity index (χ0n) is 17.6. The standard InChI is InChI=1S/C21H26ClF3N4O2/c1-4-7-16(18(10-14(22)5-2)31-21(23,24)25)26-15(6-3)11-20(30)27-19-12-17(28-29-19)13-8-9-13/h5-6,10,12-13H,4,7-9,11H2,1-3H3,(H2,27,28,29,30)/b14-5+,15-6-,18-10+,26-16-. The van der Waals surface area contributed by atoms with Crippen molar-refractivity contribution in [1.29, 1.82) is 0 Å². The molecule has 0 aromatic carbocycles. The van der Waals surface area contributed by atoms with Crippen molar-refractivity contribution in [2.45, 2.75) is 65.2 Å². The van der Waals surface area contributed by atoms with E-state index in [1.54, 1.807) is 32.9 Å². The van der Waals surface area contributed by atoms with Gasteiger partial charge in [0.15, 0.2) is 11.6 Å². The van der Waals surface area contributed by atoms with Crippen LogP contribution in [0.1, 0.15) is 64.5 Å². The number of ether oxygens (including phenoxy) is 1. The molecule has 0 saturated heterocycles. The molecule has 1 saturated carbocycles. The molecule has 170 valence electrons. The van der Waals surface area contributed by atoms with Crippen LogP contribution in [0.3, 0.4) is 0 Å². The smallest absolute Gasteiger partial charge is 0.404 e. The van der Waals surface area contributed by atoms with Gasteiger partial charge >= 0.3 is 6.36 Å². The van der Waals surface area contributed by atoms with E-state index in [0.29, 0.717) is 23.9 Å². The van der Waals surface area contributed by atoms with Crippen LogP contribution >= 0.6 is 11.6 Å². The average molecular weight is 459 g/mol. The Morgan fingerprint density at radius 2 is 2.10 bits per heavy atom. The van der Waals surface area contributed by atoms with Crippen LogP contribution in [0.15, 0.2) is 45.8 Å². The highest BCUT2D eigenvalue weighted by Gasteiger charge is 2.33. The fraction of sp³-hybridized carbons (Fsp3) is 0.476. The predicted octanol–water partition coefficient (Wildman–Crippen LogP) is 6.32. The van der Waals surface area contributed by atoms with Crippen molar-refractivity contribution >= 4 is 29.0 Å². The Hall–Kier alpha value is -2.55. The second kappa shape index (κ2) is 11.2. The highest BCUT2D eigenvalue weighted by molar-refractivity contribution is 6.31. The highest BCUT2D eigenvalue weighted by atomic mass is 35.5. The summed E-state index contributed by atoms with van der Waals surface area (Å²) in [4.78, 5) is 16.7. The third-order valence-electron chi connectivity index (χ3n) is 4.38. The zero-order chi connectivity index (χ0) is 23.0. The molecular weight excluding hydrogens is 433 g/mol. The van der Waals surface area contributed by atoms with Crippen molar-refractivity contribution in [2.75, 3.05) is 5.32 Å². The third kappa shape index (κ3) is 8.61. The second-order valence-electron chi connectivity index (χ2n) is 7.03. The van der Waals surface area contributed by atoms with Crippen LogP contribution < -0.4 is 5.32 Å². The summed E-state index contributed by atoms with van der Waals surface area (Å²) in [6.45, 7) is 5.05. The lowest BCUT2D eigenvalue weighted by Gasteiger charge is -2.15. The summed E-state index contributed by atoms with van der Waals surface area (Å²) < 4.78 is 42.9. The number of amides is 1. The van der Waals surface area contributed by atoms with Gasteiger partial charge in [-0.05, 0) is 33.1 Å². The first-order chi connectivity index (χ1) is 14.6. The van der Waals surface area contributed by atoms with Crippen LogP contribution in [0.4, 0.5) is 19.0 Å². The summed E-state index contributed by atoms with van der Waals surface area (Å²) in [7, 11) is 0. The Bertz CT molecular complexity index is 897. The molecule has 1 aromatic rings. The minimum Gasteiger partial charge on any atom is -0.404 e. The number of alkyl halides is 3. The number of aliphatic imine (C=N–C) groups is 1. The summed E-state index contributed by atoms with van der Waals surface area (Å²) in [6, 6.07) is 1.79. The zero-order valence-corrected chi connectivity index (χ0v) is 18.4. The van der Waals surface area contributed by atoms with Crippen molar-refractivity contribution < 1.29 is 22.7 Å². The summed E-state index contributed by atoms with van der Waals surface area (Å²) >= 11 is 5.90. The Morgan fingerprint density at radius 1 is 1.39 bits per heavy atom. The van der Waals surface area contributed by atoms with E-state index in [0.717, 1.165) is 24.6 Å². The van der Waals surface area contributed by atoms with E-state index in [1.165, 1.54) is 6.08 Å². The minimum absolute atomic E-state index is 0.0523. The highest BCUT2D eigenvalue weighted by Crippen LogP contribution is 2.39. The lowest BCUT2D eigenvalue weighted by atomic mass is 10.1. The van der Waals surface area contributed by atoms with Gasteiger partial charge in [0, 0.05) is 34.5 Å². The van der Waals surface area contributed by atoms with Gasteiger partial charge in [0.1, 0.15) is 0 Å². The molecule has 1 aliphatic rings. The van der Waals surface area contributed by atoms with E-state index < -0.39 is 12.1 Å². The molecule has 10 heteroatoms. The van der Waals surface area contributed by atoms with Crippen LogP contribution in [-0.4, -0.2) is 28.2 Å². The lowest BCUT2D eigenvalue weighted by molar-refractivity contribution is -0.302. The van der Waals surface area contributed by atoms with E-state index in [2.05, 4.69) is 25.2 Å². The molecule has 0 aliphatic heterocycles. The number of nitrogens with zero attached hydrogens (tertiary/aromatic N) is 2. The number of rotatable bonds is 10. The Kier molecular flexibility index (Phi) is 8.91. The third-order valence-corrected chi connectivity index (χ3v) is 4.70. The lowest BCUT2D eigenvalue weighted by Crippen LogP contribution is -2.19. The fourth-order valence-corrected chi connectivity index (χ4v) is 2.81. The van der Waals surface area contributed by atoms with Gasteiger partial charge in [-0.25, -0.2) is 0 Å². The average Bonchev–Trinajstić information content (AvgIpc) is 3.44. The molecule has 1 aliphatic carbocycles. The van der Waals surface area contributed by atoms with Gasteiger partial charge in [0.2, 0.25) is 5.91 Å². The fourth-order valence-electron chi connectivity index (χ4n) is 2.71. The maximum absolute atomic E-state index is 12.9. The van der Waals surface area contributed by atoms with E-state index in [1.807, 2.05) is 0 Å². The predicted molar refractivity (Wildman–Crippen MR) is 115 cm³/mol. The molecule has 0 bridgehead atoms. The molecule has 1 aromatic heterocycles. The van der Waals surface area contributed by atoms with Crippen molar-refractivity contribution in [1.82, 2.24) is 10.2 Å². The molecule has 6 nitrogen and oxygen atoms in total. The quantitative estimate of drug-likeness (QED) is 0.244. The van der Waals surface area contributed by atoms with Crippen LogP contribution in [0.5, 0.6) is 0 Å². The van der Waals surface area contributed by atoms with Gasteiger partial charge in [0.05, 0.1) is 12.1 Å². The summed E-state index contributed by atoms with van der Waals surface area (Å²) in [5.74, 6) is -0.0110. The molecule has 0 spiro atoms. The number of anilines is 1. The van der Waals surface area contributed by atoms with Gasteiger partial charge in [-0.1, -0.05) is 37.1 Å². The van der Waals surface area contributed by atoms with Crippen LogP contribution in [-0.2, 0) is 9.53 Å². The maximum Gasteiger partial charge on any atom is 0.573 e. The number of carbonyl (C=O) groups is 1.